The van der Waals surface area contributed by atoms with Gasteiger partial charge in [0, 0.05) is 0 Å². The van der Waals surface area contributed by atoms with Crippen molar-refractivity contribution in [2.75, 3.05) is 6.61 Å². The molecule has 1 aromatic carbocycles. The van der Waals surface area contributed by atoms with E-state index in [0.29, 0.717) is 5.56 Å². The number of carbonyl (C=O) groups excluding carboxylic acids is 2. The first kappa shape index (κ1) is 14.7. The van der Waals surface area contributed by atoms with Gasteiger partial charge in [-0.25, -0.2) is 4.79 Å². The SMILES string of the molecule is CCOC(=O)CC(=O)NC(C(=O)O)c1ccccc1. The van der Waals surface area contributed by atoms with E-state index >= 15 is 0 Å². The number of ether oxygens (including phenoxy) is 1. The lowest BCUT2D eigenvalue weighted by molar-refractivity contribution is -0.148. The second-order valence-electron chi connectivity index (χ2n) is 3.73. The van der Waals surface area contributed by atoms with Gasteiger partial charge in [-0.3, -0.25) is 9.59 Å². The Morgan fingerprint density at radius 2 is 1.89 bits per heavy atom. The van der Waals surface area contributed by atoms with Crippen molar-refractivity contribution in [3.05, 3.63) is 35.9 Å². The fourth-order valence-corrected chi connectivity index (χ4v) is 1.49. The molecule has 2 N–H and O–H groups in total. The summed E-state index contributed by atoms with van der Waals surface area (Å²) in [5, 5.41) is 11.4. The van der Waals surface area contributed by atoms with E-state index in [1.807, 2.05) is 0 Å². The monoisotopic (exact) mass is 265 g/mol. The molecule has 0 bridgehead atoms. The Kier molecular flexibility index (Phi) is 5.53. The van der Waals surface area contributed by atoms with Crippen molar-refractivity contribution in [1.82, 2.24) is 5.32 Å². The Morgan fingerprint density at radius 3 is 2.42 bits per heavy atom. The van der Waals surface area contributed by atoms with E-state index in [2.05, 4.69) is 10.1 Å². The van der Waals surface area contributed by atoms with E-state index in [9.17, 15) is 14.4 Å². The third-order valence-corrected chi connectivity index (χ3v) is 2.30. The Labute approximate surface area is 110 Å². The van der Waals surface area contributed by atoms with Gasteiger partial charge in [-0.1, -0.05) is 30.3 Å². The average molecular weight is 265 g/mol. The van der Waals surface area contributed by atoms with Gasteiger partial charge in [-0.15, -0.1) is 0 Å². The van der Waals surface area contributed by atoms with Crippen LogP contribution in [0, 0.1) is 0 Å². The molecule has 0 heterocycles. The Balaban J connectivity index is 2.68. The van der Waals surface area contributed by atoms with Crippen LogP contribution in [0.5, 0.6) is 0 Å². The van der Waals surface area contributed by atoms with E-state index in [1.54, 1.807) is 37.3 Å². The fraction of sp³-hybridized carbons (Fsp3) is 0.308. The molecule has 0 aliphatic rings. The van der Waals surface area contributed by atoms with E-state index in [4.69, 9.17) is 5.11 Å². The van der Waals surface area contributed by atoms with Crippen LogP contribution >= 0.6 is 0 Å². The average Bonchev–Trinajstić information content (AvgIpc) is 2.37. The molecule has 0 aliphatic carbocycles. The second kappa shape index (κ2) is 7.15. The maximum atomic E-state index is 11.5. The van der Waals surface area contributed by atoms with Crippen molar-refractivity contribution in [2.45, 2.75) is 19.4 Å². The first-order chi connectivity index (χ1) is 9.04. The summed E-state index contributed by atoms with van der Waals surface area (Å²) in [7, 11) is 0. The van der Waals surface area contributed by atoms with Crippen LogP contribution in [0.2, 0.25) is 0 Å². The third kappa shape index (κ3) is 4.79. The van der Waals surface area contributed by atoms with Gasteiger partial charge in [-0.2, -0.15) is 0 Å². The molecule has 0 spiro atoms. The number of rotatable bonds is 6. The maximum absolute atomic E-state index is 11.5. The Bertz CT molecular complexity index is 457. The molecule has 102 valence electrons. The highest BCUT2D eigenvalue weighted by molar-refractivity contribution is 5.96. The number of nitrogens with one attached hydrogen (secondary N) is 1. The van der Waals surface area contributed by atoms with Crippen molar-refractivity contribution < 1.29 is 24.2 Å². The van der Waals surface area contributed by atoms with Crippen LogP contribution in [-0.2, 0) is 19.1 Å². The second-order valence-corrected chi connectivity index (χ2v) is 3.73. The largest absolute Gasteiger partial charge is 0.479 e. The molecule has 6 heteroatoms. The third-order valence-electron chi connectivity index (χ3n) is 2.30. The minimum absolute atomic E-state index is 0.174. The number of carbonyl (C=O) groups is 3. The molecule has 1 aromatic rings. The zero-order valence-electron chi connectivity index (χ0n) is 10.5. The summed E-state index contributed by atoms with van der Waals surface area (Å²) in [6, 6.07) is 7.07. The quantitative estimate of drug-likeness (QED) is 0.588. The minimum Gasteiger partial charge on any atom is -0.479 e. The zero-order chi connectivity index (χ0) is 14.3. The molecule has 1 unspecified atom stereocenters. The number of carboxylic acids is 1. The number of hydrogen-bond acceptors (Lipinski definition) is 4. The van der Waals surface area contributed by atoms with Crippen molar-refractivity contribution in [1.29, 1.82) is 0 Å². The van der Waals surface area contributed by atoms with Crippen LogP contribution < -0.4 is 5.32 Å². The minimum atomic E-state index is -1.19. The lowest BCUT2D eigenvalue weighted by Gasteiger charge is -2.14. The number of amides is 1. The van der Waals surface area contributed by atoms with Crippen molar-refractivity contribution in [3.63, 3.8) is 0 Å². The summed E-state index contributed by atoms with van der Waals surface area (Å²) in [6.45, 7) is 1.80. The highest BCUT2D eigenvalue weighted by atomic mass is 16.5. The molecule has 0 saturated carbocycles. The summed E-state index contributed by atoms with van der Waals surface area (Å²) in [4.78, 5) is 33.8. The standard InChI is InChI=1S/C13H15NO5/c1-2-19-11(16)8-10(15)14-12(13(17)18)9-6-4-3-5-7-9/h3-7,12H,2,8H2,1H3,(H,14,15)(H,17,18). The van der Waals surface area contributed by atoms with Gasteiger partial charge < -0.3 is 15.2 Å². The zero-order valence-corrected chi connectivity index (χ0v) is 10.5. The topological polar surface area (TPSA) is 92.7 Å². The number of aliphatic carboxylic acids is 1. The van der Waals surface area contributed by atoms with E-state index in [-0.39, 0.29) is 6.61 Å². The highest BCUT2D eigenvalue weighted by Crippen LogP contribution is 2.12. The molecular weight excluding hydrogens is 250 g/mol. The molecule has 0 fully saturated rings. The summed E-state index contributed by atoms with van der Waals surface area (Å²) in [5.74, 6) is -2.56. The molecule has 1 amide bonds. The first-order valence-electron chi connectivity index (χ1n) is 5.77. The number of hydrogen-bond donors (Lipinski definition) is 2. The van der Waals surface area contributed by atoms with Crippen LogP contribution in [0.1, 0.15) is 24.9 Å². The predicted octanol–water partition coefficient (Wildman–Crippen LogP) is 0.882. The number of benzene rings is 1. The first-order valence-corrected chi connectivity index (χ1v) is 5.77. The molecule has 6 nitrogen and oxygen atoms in total. The maximum Gasteiger partial charge on any atom is 0.330 e. The molecule has 1 atom stereocenters. The van der Waals surface area contributed by atoms with E-state index < -0.39 is 30.3 Å². The molecule has 0 radical (unpaired) electrons. The smallest absolute Gasteiger partial charge is 0.330 e. The van der Waals surface area contributed by atoms with Gasteiger partial charge in [0.2, 0.25) is 5.91 Å². The van der Waals surface area contributed by atoms with E-state index in [0.717, 1.165) is 0 Å². The van der Waals surface area contributed by atoms with Crippen LogP contribution in [0.3, 0.4) is 0 Å². The number of carboxylic acid groups (broad SMARTS) is 1. The van der Waals surface area contributed by atoms with Crippen LogP contribution in [0.4, 0.5) is 0 Å². The Morgan fingerprint density at radius 1 is 1.26 bits per heavy atom. The van der Waals surface area contributed by atoms with Gasteiger partial charge >= 0.3 is 11.9 Å². The van der Waals surface area contributed by atoms with Gasteiger partial charge in [-0.05, 0) is 12.5 Å². The molecule has 1 rings (SSSR count). The van der Waals surface area contributed by atoms with Crippen LogP contribution in [0.25, 0.3) is 0 Å². The summed E-state index contributed by atoms with van der Waals surface area (Å²) in [5.41, 5.74) is 0.437. The van der Waals surface area contributed by atoms with Crippen molar-refractivity contribution in [2.24, 2.45) is 0 Å². The molecular formula is C13H15NO5. The van der Waals surface area contributed by atoms with Crippen molar-refractivity contribution in [3.8, 4) is 0 Å². The summed E-state index contributed by atoms with van der Waals surface area (Å²) < 4.78 is 4.61. The molecule has 0 aromatic heterocycles. The number of esters is 1. The van der Waals surface area contributed by atoms with Gasteiger partial charge in [0.15, 0.2) is 6.04 Å². The van der Waals surface area contributed by atoms with Gasteiger partial charge in [0.1, 0.15) is 6.42 Å². The summed E-state index contributed by atoms with van der Waals surface area (Å²) >= 11 is 0. The van der Waals surface area contributed by atoms with Crippen LogP contribution in [0.15, 0.2) is 30.3 Å². The van der Waals surface area contributed by atoms with E-state index in [1.165, 1.54) is 0 Å². The summed E-state index contributed by atoms with van der Waals surface area (Å²) in [6.07, 6.45) is -0.496. The lowest BCUT2D eigenvalue weighted by atomic mass is 10.1. The lowest BCUT2D eigenvalue weighted by Crippen LogP contribution is -2.35. The van der Waals surface area contributed by atoms with Gasteiger partial charge in [0.25, 0.3) is 0 Å². The normalized spacial score (nSPS) is 11.4. The highest BCUT2D eigenvalue weighted by Gasteiger charge is 2.23. The van der Waals surface area contributed by atoms with Crippen molar-refractivity contribution >= 4 is 17.8 Å². The fourth-order valence-electron chi connectivity index (χ4n) is 1.49. The van der Waals surface area contributed by atoms with Crippen LogP contribution in [-0.4, -0.2) is 29.6 Å². The Hall–Kier alpha value is -2.37. The van der Waals surface area contributed by atoms with Gasteiger partial charge in [0.05, 0.1) is 6.61 Å². The predicted molar refractivity (Wildman–Crippen MR) is 66.2 cm³/mol. The molecule has 0 aliphatic heterocycles. The molecule has 19 heavy (non-hydrogen) atoms. The molecule has 0 saturated heterocycles.